The highest BCUT2D eigenvalue weighted by Gasteiger charge is 2.37. The number of carbonyl (C=O) groups is 1. The zero-order chi connectivity index (χ0) is 30.6. The predicted octanol–water partition coefficient (Wildman–Crippen LogP) is 7.89. The smallest absolute Gasteiger partial charge is 0.388 e. The Morgan fingerprint density at radius 2 is 1.74 bits per heavy atom. The predicted molar refractivity (Wildman–Crippen MR) is 151 cm³/mol. The van der Waals surface area contributed by atoms with Gasteiger partial charge in [-0.25, -0.2) is 13.8 Å². The molecule has 0 radical (unpaired) electrons. The molecule has 0 aliphatic carbocycles. The summed E-state index contributed by atoms with van der Waals surface area (Å²) in [6.45, 7) is 3.58. The number of aromatic nitrogens is 3. The van der Waals surface area contributed by atoms with E-state index in [0.29, 0.717) is 35.3 Å². The van der Waals surface area contributed by atoms with Crippen LogP contribution < -0.4 is 10.2 Å². The van der Waals surface area contributed by atoms with Crippen LogP contribution in [0.15, 0.2) is 59.1 Å². The van der Waals surface area contributed by atoms with E-state index in [9.17, 15) is 26.7 Å². The van der Waals surface area contributed by atoms with Gasteiger partial charge >= 0.3 is 6.18 Å². The Hall–Kier alpha value is -4.74. The van der Waals surface area contributed by atoms with Crippen LogP contribution in [0.4, 0.5) is 33.3 Å². The minimum Gasteiger partial charge on any atom is -0.388 e. The summed E-state index contributed by atoms with van der Waals surface area (Å²) in [6.07, 6.45) is -3.61. The van der Waals surface area contributed by atoms with Crippen LogP contribution >= 0.6 is 0 Å². The second-order valence-corrected chi connectivity index (χ2v) is 10.5. The lowest BCUT2D eigenvalue weighted by molar-refractivity contribution is -0.137. The number of fused-ring (bicyclic) bond motifs is 1. The van der Waals surface area contributed by atoms with Crippen LogP contribution in [0, 0.1) is 25.5 Å². The molecule has 1 N–H and O–H groups in total. The molecule has 2 aromatic heterocycles. The molecule has 7 nitrogen and oxygen atoms in total. The van der Waals surface area contributed by atoms with Crippen molar-refractivity contribution in [3.05, 3.63) is 89.1 Å². The van der Waals surface area contributed by atoms with Crippen LogP contribution in [-0.2, 0) is 11.0 Å². The first-order chi connectivity index (χ1) is 20.5. The topological polar surface area (TPSA) is 76.2 Å². The van der Waals surface area contributed by atoms with E-state index < -0.39 is 29.4 Å². The summed E-state index contributed by atoms with van der Waals surface area (Å²) in [5.74, 6) is -1.64. The molecule has 0 unspecified atom stereocenters. The van der Waals surface area contributed by atoms with Crippen LogP contribution in [0.5, 0.6) is 0 Å². The van der Waals surface area contributed by atoms with E-state index in [1.807, 2.05) is 6.07 Å². The number of carbonyl (C=O) groups excluding carboxylic acids is 1. The number of nitrogens with zero attached hydrogens (tertiary/aromatic N) is 4. The van der Waals surface area contributed by atoms with Crippen LogP contribution in [0.25, 0.3) is 27.8 Å². The maximum atomic E-state index is 14.3. The van der Waals surface area contributed by atoms with Crippen LogP contribution in [0.2, 0.25) is 0 Å². The van der Waals surface area contributed by atoms with Crippen LogP contribution in [0.1, 0.15) is 48.1 Å². The molecule has 1 fully saturated rings. The number of aryl methyl sites for hydroxylation is 2. The molecule has 222 valence electrons. The number of hydrogen-bond donors (Lipinski definition) is 1. The number of nitrogens with one attached hydrogen (secondary N) is 1. The SMILES string of the molecule is CNc1ccc(-n2c([C@@H]3CCCC(=O)N3c3ccc(F)c(F)c3)nc3cc(-c4c(C)noc4C)ccc32)cc1C(F)(F)F. The van der Waals surface area contributed by atoms with Crippen molar-refractivity contribution in [1.82, 2.24) is 14.7 Å². The first kappa shape index (κ1) is 28.4. The van der Waals surface area contributed by atoms with E-state index in [1.165, 1.54) is 24.1 Å². The molecule has 6 rings (SSSR count). The lowest BCUT2D eigenvalue weighted by atomic mass is 9.99. The lowest BCUT2D eigenvalue weighted by Gasteiger charge is -2.35. The largest absolute Gasteiger partial charge is 0.418 e. The molecule has 43 heavy (non-hydrogen) atoms. The minimum absolute atomic E-state index is 0.0980. The van der Waals surface area contributed by atoms with E-state index >= 15 is 0 Å². The molecule has 1 saturated heterocycles. The molecule has 5 aromatic rings. The van der Waals surface area contributed by atoms with Gasteiger partial charge in [0.15, 0.2) is 11.6 Å². The normalized spacial score (nSPS) is 15.9. The summed E-state index contributed by atoms with van der Waals surface area (Å²) in [5.41, 5.74) is 2.48. The first-order valence-electron chi connectivity index (χ1n) is 13.6. The summed E-state index contributed by atoms with van der Waals surface area (Å²) in [5, 5.41) is 6.60. The average Bonchev–Trinajstić information content (AvgIpc) is 3.52. The Labute approximate surface area is 242 Å². The summed E-state index contributed by atoms with van der Waals surface area (Å²) >= 11 is 0. The highest BCUT2D eigenvalue weighted by atomic mass is 19.4. The van der Waals surface area contributed by atoms with Gasteiger partial charge in [-0.1, -0.05) is 11.2 Å². The third-order valence-electron chi connectivity index (χ3n) is 7.77. The summed E-state index contributed by atoms with van der Waals surface area (Å²) in [7, 11) is 1.41. The maximum absolute atomic E-state index is 14.3. The van der Waals surface area contributed by atoms with Crippen molar-refractivity contribution >= 4 is 28.3 Å². The molecule has 1 aliphatic rings. The van der Waals surface area contributed by atoms with E-state index in [1.54, 1.807) is 36.6 Å². The third-order valence-corrected chi connectivity index (χ3v) is 7.77. The molecular formula is C31H26F5N5O2. The van der Waals surface area contributed by atoms with Gasteiger partial charge in [-0.05, 0) is 74.7 Å². The van der Waals surface area contributed by atoms with Crippen molar-refractivity contribution in [2.75, 3.05) is 17.3 Å². The van der Waals surface area contributed by atoms with Gasteiger partial charge in [-0.15, -0.1) is 0 Å². The number of benzene rings is 3. The van der Waals surface area contributed by atoms with E-state index in [-0.39, 0.29) is 35.2 Å². The summed E-state index contributed by atoms with van der Waals surface area (Å²) in [6, 6.07) is 11.7. The number of alkyl halides is 3. The zero-order valence-electron chi connectivity index (χ0n) is 23.4. The van der Waals surface area contributed by atoms with E-state index in [0.717, 1.165) is 29.3 Å². The lowest BCUT2D eigenvalue weighted by Crippen LogP contribution is -2.39. The number of hydrogen-bond acceptors (Lipinski definition) is 5. The maximum Gasteiger partial charge on any atom is 0.418 e. The quantitative estimate of drug-likeness (QED) is 0.209. The summed E-state index contributed by atoms with van der Waals surface area (Å²) in [4.78, 5) is 19.5. The van der Waals surface area contributed by atoms with Crippen molar-refractivity contribution in [1.29, 1.82) is 0 Å². The fourth-order valence-corrected chi connectivity index (χ4v) is 5.84. The summed E-state index contributed by atoms with van der Waals surface area (Å²) < 4.78 is 77.4. The Morgan fingerprint density at radius 1 is 0.977 bits per heavy atom. The van der Waals surface area contributed by atoms with Crippen molar-refractivity contribution in [3.63, 3.8) is 0 Å². The molecule has 3 heterocycles. The number of anilines is 2. The molecule has 3 aromatic carbocycles. The van der Waals surface area contributed by atoms with Crippen LogP contribution in [0.3, 0.4) is 0 Å². The minimum atomic E-state index is -4.65. The second kappa shape index (κ2) is 10.5. The molecule has 0 saturated carbocycles. The fourth-order valence-electron chi connectivity index (χ4n) is 5.84. The van der Waals surface area contributed by atoms with Gasteiger partial charge in [0.05, 0.1) is 28.3 Å². The molecule has 12 heteroatoms. The fraction of sp³-hybridized carbons (Fsp3) is 0.258. The molecule has 0 bridgehead atoms. The second-order valence-electron chi connectivity index (χ2n) is 10.5. The number of halogens is 5. The number of rotatable bonds is 5. The molecular weight excluding hydrogens is 569 g/mol. The number of amides is 1. The van der Waals surface area contributed by atoms with E-state index in [4.69, 9.17) is 9.51 Å². The van der Waals surface area contributed by atoms with Gasteiger partial charge in [0.1, 0.15) is 11.6 Å². The average molecular weight is 596 g/mol. The van der Waals surface area contributed by atoms with Gasteiger partial charge in [-0.3, -0.25) is 9.36 Å². The van der Waals surface area contributed by atoms with Gasteiger partial charge in [-0.2, -0.15) is 13.2 Å². The number of imidazole rings is 1. The zero-order valence-corrected chi connectivity index (χ0v) is 23.4. The standard InChI is InChI=1S/C31H26F5N5O2/c1-16-29(17(2)43-39-16)18-7-12-26-25(13-18)38-30(41(26)19-9-11-24(37-3)21(14-19)31(34,35)36)27-5-4-6-28(42)40(27)20-8-10-22(32)23(33)15-20/h7-15,27,37H,4-6H2,1-3H3/t27-/m0/s1. The van der Waals surface area contributed by atoms with Gasteiger partial charge in [0.2, 0.25) is 5.91 Å². The molecule has 1 aliphatic heterocycles. The monoisotopic (exact) mass is 595 g/mol. The van der Waals surface area contributed by atoms with Crippen molar-refractivity contribution in [2.24, 2.45) is 0 Å². The molecule has 1 amide bonds. The van der Waals surface area contributed by atoms with Gasteiger partial charge in [0.25, 0.3) is 0 Å². The van der Waals surface area contributed by atoms with Crippen molar-refractivity contribution in [2.45, 2.75) is 45.3 Å². The van der Waals surface area contributed by atoms with Gasteiger partial charge in [0, 0.05) is 42.2 Å². The number of piperidine rings is 1. The Bertz CT molecular complexity index is 1860. The first-order valence-corrected chi connectivity index (χ1v) is 13.6. The van der Waals surface area contributed by atoms with Crippen molar-refractivity contribution in [3.8, 4) is 16.8 Å². The third kappa shape index (κ3) is 4.90. The van der Waals surface area contributed by atoms with Crippen molar-refractivity contribution < 1.29 is 31.3 Å². The van der Waals surface area contributed by atoms with Gasteiger partial charge < -0.3 is 14.7 Å². The Balaban J connectivity index is 1.61. The Kier molecular flexibility index (Phi) is 6.94. The highest BCUT2D eigenvalue weighted by Crippen LogP contribution is 2.41. The Morgan fingerprint density at radius 3 is 2.42 bits per heavy atom. The highest BCUT2D eigenvalue weighted by molar-refractivity contribution is 5.95. The molecule has 1 atom stereocenters. The van der Waals surface area contributed by atoms with Crippen LogP contribution in [-0.4, -0.2) is 27.7 Å². The molecule has 0 spiro atoms. The van der Waals surface area contributed by atoms with E-state index in [2.05, 4.69) is 10.5 Å².